The van der Waals surface area contributed by atoms with Crippen LogP contribution in [0, 0.1) is 6.92 Å². The molecule has 0 aliphatic rings. The Balaban J connectivity index is 3.06. The van der Waals surface area contributed by atoms with Gasteiger partial charge in [0.2, 0.25) is 0 Å². The molecule has 1 aromatic carbocycles. The Kier molecular flexibility index (Phi) is 4.86. The number of esters is 1. The number of hydrogen-bond acceptors (Lipinski definition) is 4. The SMILES string of the molecule is CCCCOC(=O)c1cc(C)ccc1S(=O)(=O)O. The van der Waals surface area contributed by atoms with Gasteiger partial charge in [-0.1, -0.05) is 25.0 Å². The number of carbonyl (C=O) groups is 1. The summed E-state index contributed by atoms with van der Waals surface area (Å²) in [5.74, 6) is -0.736. The molecule has 0 aliphatic carbocycles. The summed E-state index contributed by atoms with van der Waals surface area (Å²) in [4.78, 5) is 11.3. The van der Waals surface area contributed by atoms with Crippen molar-refractivity contribution in [3.63, 3.8) is 0 Å². The first-order valence-corrected chi connectivity index (χ1v) is 7.05. The molecule has 1 rings (SSSR count). The quantitative estimate of drug-likeness (QED) is 0.505. The van der Waals surface area contributed by atoms with Crippen molar-refractivity contribution in [3.05, 3.63) is 29.3 Å². The second-order valence-corrected chi connectivity index (χ2v) is 5.35. The van der Waals surface area contributed by atoms with E-state index in [9.17, 15) is 13.2 Å². The Hall–Kier alpha value is -1.40. The van der Waals surface area contributed by atoms with Crippen LogP contribution in [0.3, 0.4) is 0 Å². The summed E-state index contributed by atoms with van der Waals surface area (Å²) >= 11 is 0. The lowest BCUT2D eigenvalue weighted by Gasteiger charge is -2.08. The molecule has 0 amide bonds. The zero-order chi connectivity index (χ0) is 13.8. The van der Waals surface area contributed by atoms with E-state index < -0.39 is 21.0 Å². The highest BCUT2D eigenvalue weighted by Crippen LogP contribution is 2.18. The van der Waals surface area contributed by atoms with Crippen LogP contribution in [-0.4, -0.2) is 25.5 Å². The van der Waals surface area contributed by atoms with Crippen molar-refractivity contribution in [3.8, 4) is 0 Å². The van der Waals surface area contributed by atoms with Gasteiger partial charge in [0, 0.05) is 0 Å². The van der Waals surface area contributed by atoms with Crippen LogP contribution in [0.4, 0.5) is 0 Å². The van der Waals surface area contributed by atoms with Crippen molar-refractivity contribution in [2.24, 2.45) is 0 Å². The van der Waals surface area contributed by atoms with Crippen molar-refractivity contribution in [1.29, 1.82) is 0 Å². The monoisotopic (exact) mass is 272 g/mol. The van der Waals surface area contributed by atoms with Crippen LogP contribution in [0.2, 0.25) is 0 Å². The highest BCUT2D eigenvalue weighted by molar-refractivity contribution is 7.86. The number of aryl methyl sites for hydroxylation is 1. The zero-order valence-electron chi connectivity index (χ0n) is 10.3. The number of hydrogen-bond donors (Lipinski definition) is 1. The van der Waals surface area contributed by atoms with E-state index in [1.54, 1.807) is 6.92 Å². The molecule has 0 aromatic heterocycles. The minimum absolute atomic E-state index is 0.131. The van der Waals surface area contributed by atoms with E-state index in [0.717, 1.165) is 6.42 Å². The molecular weight excluding hydrogens is 256 g/mol. The van der Waals surface area contributed by atoms with Crippen molar-refractivity contribution in [1.82, 2.24) is 0 Å². The zero-order valence-corrected chi connectivity index (χ0v) is 11.2. The van der Waals surface area contributed by atoms with Crippen LogP contribution >= 0.6 is 0 Å². The van der Waals surface area contributed by atoms with E-state index in [1.807, 2.05) is 6.92 Å². The molecule has 1 N–H and O–H groups in total. The molecule has 0 atom stereocenters. The van der Waals surface area contributed by atoms with E-state index in [-0.39, 0.29) is 12.2 Å². The van der Waals surface area contributed by atoms with Crippen LogP contribution in [0.25, 0.3) is 0 Å². The molecule has 0 heterocycles. The first-order valence-electron chi connectivity index (χ1n) is 5.61. The first kappa shape index (κ1) is 14.7. The Morgan fingerprint density at radius 3 is 2.61 bits per heavy atom. The summed E-state index contributed by atoms with van der Waals surface area (Å²) in [5, 5.41) is 0. The summed E-state index contributed by atoms with van der Waals surface area (Å²) in [6.45, 7) is 3.90. The normalized spacial score (nSPS) is 11.3. The molecule has 0 unspecified atom stereocenters. The number of benzene rings is 1. The summed E-state index contributed by atoms with van der Waals surface area (Å²) < 4.78 is 36.3. The van der Waals surface area contributed by atoms with Gasteiger partial charge in [0.1, 0.15) is 4.90 Å². The largest absolute Gasteiger partial charge is 0.462 e. The Bertz CT molecular complexity index is 533. The maximum absolute atomic E-state index is 11.7. The third-order valence-electron chi connectivity index (χ3n) is 2.36. The van der Waals surface area contributed by atoms with Crippen molar-refractivity contribution in [2.45, 2.75) is 31.6 Å². The maximum Gasteiger partial charge on any atom is 0.339 e. The molecule has 0 bridgehead atoms. The summed E-state index contributed by atoms with van der Waals surface area (Å²) in [7, 11) is -4.43. The molecule has 0 saturated heterocycles. The minimum atomic E-state index is -4.43. The van der Waals surface area contributed by atoms with E-state index in [4.69, 9.17) is 9.29 Å². The Labute approximate surface area is 107 Å². The van der Waals surface area contributed by atoms with E-state index in [2.05, 4.69) is 0 Å². The van der Waals surface area contributed by atoms with Crippen molar-refractivity contribution < 1.29 is 22.5 Å². The average molecular weight is 272 g/mol. The maximum atomic E-state index is 11.7. The molecule has 0 spiro atoms. The third-order valence-corrected chi connectivity index (χ3v) is 3.28. The van der Waals surface area contributed by atoms with E-state index in [0.29, 0.717) is 12.0 Å². The van der Waals surface area contributed by atoms with Gasteiger partial charge in [-0.2, -0.15) is 8.42 Å². The molecule has 0 saturated carbocycles. The fourth-order valence-electron chi connectivity index (χ4n) is 1.42. The minimum Gasteiger partial charge on any atom is -0.462 e. The van der Waals surface area contributed by atoms with Gasteiger partial charge in [0.25, 0.3) is 10.1 Å². The lowest BCUT2D eigenvalue weighted by Crippen LogP contribution is -2.12. The van der Waals surface area contributed by atoms with Crippen LogP contribution in [-0.2, 0) is 14.9 Å². The molecule has 1 aromatic rings. The van der Waals surface area contributed by atoms with Gasteiger partial charge in [-0.05, 0) is 25.5 Å². The second-order valence-electron chi connectivity index (χ2n) is 3.96. The summed E-state index contributed by atoms with van der Waals surface area (Å²) in [5.41, 5.74) is 0.582. The third kappa shape index (κ3) is 3.82. The predicted molar refractivity (Wildman–Crippen MR) is 66.2 cm³/mol. The number of carbonyl (C=O) groups excluding carboxylic acids is 1. The molecule has 0 fully saturated rings. The number of rotatable bonds is 5. The van der Waals surface area contributed by atoms with E-state index >= 15 is 0 Å². The van der Waals surface area contributed by atoms with Gasteiger partial charge in [-0.25, -0.2) is 4.79 Å². The highest BCUT2D eigenvalue weighted by Gasteiger charge is 2.21. The second kappa shape index (κ2) is 5.97. The fourth-order valence-corrected chi connectivity index (χ4v) is 2.08. The summed E-state index contributed by atoms with van der Waals surface area (Å²) in [6, 6.07) is 4.09. The van der Waals surface area contributed by atoms with Crippen LogP contribution in [0.15, 0.2) is 23.1 Å². The molecule has 6 heteroatoms. The van der Waals surface area contributed by atoms with Crippen LogP contribution in [0.5, 0.6) is 0 Å². The smallest absolute Gasteiger partial charge is 0.339 e. The first-order chi connectivity index (χ1) is 8.36. The highest BCUT2D eigenvalue weighted by atomic mass is 32.2. The fraction of sp³-hybridized carbons (Fsp3) is 0.417. The van der Waals surface area contributed by atoms with Gasteiger partial charge in [-0.15, -0.1) is 0 Å². The molecule has 0 radical (unpaired) electrons. The molecule has 100 valence electrons. The molecular formula is C12H16O5S. The Morgan fingerprint density at radius 2 is 2.06 bits per heavy atom. The summed E-state index contributed by atoms with van der Waals surface area (Å²) in [6.07, 6.45) is 1.57. The number of unbranched alkanes of at least 4 members (excludes halogenated alkanes) is 1. The van der Waals surface area contributed by atoms with Crippen LogP contribution < -0.4 is 0 Å². The molecule has 5 nitrogen and oxygen atoms in total. The Morgan fingerprint density at radius 1 is 1.39 bits per heavy atom. The van der Waals surface area contributed by atoms with Gasteiger partial charge in [0.15, 0.2) is 0 Å². The average Bonchev–Trinajstić information content (AvgIpc) is 2.27. The molecule has 0 aliphatic heterocycles. The van der Waals surface area contributed by atoms with E-state index in [1.165, 1.54) is 18.2 Å². The van der Waals surface area contributed by atoms with Gasteiger partial charge < -0.3 is 4.74 Å². The standard InChI is InChI=1S/C12H16O5S/c1-3-4-7-17-12(13)10-8-9(2)5-6-11(10)18(14,15)16/h5-6,8H,3-4,7H2,1-2H3,(H,14,15,16). The predicted octanol–water partition coefficient (Wildman–Crippen LogP) is 2.20. The lowest BCUT2D eigenvalue weighted by molar-refractivity contribution is 0.0494. The van der Waals surface area contributed by atoms with Crippen molar-refractivity contribution >= 4 is 16.1 Å². The van der Waals surface area contributed by atoms with Gasteiger partial charge in [-0.3, -0.25) is 4.55 Å². The lowest BCUT2D eigenvalue weighted by atomic mass is 10.1. The van der Waals surface area contributed by atoms with Crippen molar-refractivity contribution in [2.75, 3.05) is 6.61 Å². The molecule has 18 heavy (non-hydrogen) atoms. The topological polar surface area (TPSA) is 80.7 Å². The van der Waals surface area contributed by atoms with Gasteiger partial charge >= 0.3 is 5.97 Å². The number of ether oxygens (including phenoxy) is 1. The van der Waals surface area contributed by atoms with Crippen LogP contribution in [0.1, 0.15) is 35.7 Å². The van der Waals surface area contributed by atoms with Gasteiger partial charge in [0.05, 0.1) is 12.2 Å².